The summed E-state index contributed by atoms with van der Waals surface area (Å²) in [6.07, 6.45) is 7.95. The first-order valence-electron chi connectivity index (χ1n) is 11.6. The van der Waals surface area contributed by atoms with Gasteiger partial charge in [0.1, 0.15) is 6.54 Å². The maximum Gasteiger partial charge on any atom is 0.276 e. The SMILES string of the molecule is Cc1nn(CC(=O)NC(C)C23CC4CC(CC(C4)C2)C3)c(=O)c2c1sc1ccccc12. The molecule has 2 aromatic heterocycles. The molecule has 7 rings (SSSR count). The van der Waals surface area contributed by atoms with Crippen molar-refractivity contribution in [3.05, 3.63) is 40.3 Å². The fraction of sp³-hybridized carbons (Fsp3) is 0.560. The van der Waals surface area contributed by atoms with E-state index in [0.717, 1.165) is 38.2 Å². The molecule has 3 aromatic rings. The Balaban J connectivity index is 1.26. The summed E-state index contributed by atoms with van der Waals surface area (Å²) in [5.74, 6) is 2.46. The predicted octanol–water partition coefficient (Wildman–Crippen LogP) is 4.64. The number of aryl methyl sites for hydroxylation is 1. The molecule has 1 atom stereocenters. The molecule has 4 bridgehead atoms. The van der Waals surface area contributed by atoms with Gasteiger partial charge in [-0.25, -0.2) is 4.68 Å². The molecular formula is C25H29N3O2S. The Labute approximate surface area is 185 Å². The third-order valence-electron chi connectivity index (χ3n) is 8.32. The van der Waals surface area contributed by atoms with E-state index in [1.165, 1.54) is 43.2 Å². The molecular weight excluding hydrogens is 406 g/mol. The molecule has 4 fully saturated rings. The molecule has 0 spiro atoms. The van der Waals surface area contributed by atoms with E-state index in [0.29, 0.717) is 5.39 Å². The number of fused-ring (bicyclic) bond motifs is 3. The van der Waals surface area contributed by atoms with E-state index in [-0.39, 0.29) is 29.5 Å². The lowest BCUT2D eigenvalue weighted by Crippen LogP contribution is -2.56. The Morgan fingerprint density at radius 1 is 1.19 bits per heavy atom. The van der Waals surface area contributed by atoms with Gasteiger partial charge in [-0.2, -0.15) is 5.10 Å². The minimum Gasteiger partial charge on any atom is -0.351 e. The lowest BCUT2D eigenvalue weighted by molar-refractivity contribution is -0.126. The van der Waals surface area contributed by atoms with Gasteiger partial charge in [-0.3, -0.25) is 9.59 Å². The van der Waals surface area contributed by atoms with Crippen LogP contribution >= 0.6 is 11.3 Å². The summed E-state index contributed by atoms with van der Waals surface area (Å²) in [5, 5.41) is 9.41. The van der Waals surface area contributed by atoms with Gasteiger partial charge in [-0.1, -0.05) is 18.2 Å². The number of nitrogens with zero attached hydrogens (tertiary/aromatic N) is 2. The third-order valence-corrected chi connectivity index (χ3v) is 9.60. The van der Waals surface area contributed by atoms with Gasteiger partial charge in [0.05, 0.1) is 15.8 Å². The highest BCUT2D eigenvalue weighted by atomic mass is 32.1. The number of amides is 1. The number of aromatic nitrogens is 2. The molecule has 4 aliphatic carbocycles. The highest BCUT2D eigenvalue weighted by Gasteiger charge is 2.53. The molecule has 0 radical (unpaired) electrons. The molecule has 0 saturated heterocycles. The molecule has 1 unspecified atom stereocenters. The van der Waals surface area contributed by atoms with E-state index >= 15 is 0 Å². The van der Waals surface area contributed by atoms with Crippen molar-refractivity contribution < 1.29 is 4.79 Å². The van der Waals surface area contributed by atoms with Crippen LogP contribution in [-0.4, -0.2) is 21.7 Å². The summed E-state index contributed by atoms with van der Waals surface area (Å²) in [5.41, 5.74) is 0.889. The second-order valence-corrected chi connectivity index (χ2v) is 11.5. The van der Waals surface area contributed by atoms with E-state index in [1.807, 2.05) is 31.2 Å². The van der Waals surface area contributed by atoms with Crippen molar-refractivity contribution in [2.24, 2.45) is 23.2 Å². The molecule has 4 saturated carbocycles. The average Bonchev–Trinajstić information content (AvgIpc) is 3.11. The lowest BCUT2D eigenvalue weighted by atomic mass is 9.48. The maximum absolute atomic E-state index is 13.2. The molecule has 0 aliphatic heterocycles. The zero-order valence-corrected chi connectivity index (χ0v) is 19.0. The molecule has 2 heterocycles. The Morgan fingerprint density at radius 3 is 2.52 bits per heavy atom. The van der Waals surface area contributed by atoms with Crippen LogP contribution in [0.5, 0.6) is 0 Å². The number of nitrogens with one attached hydrogen (secondary N) is 1. The Hall–Kier alpha value is -2.21. The van der Waals surface area contributed by atoms with Crippen molar-refractivity contribution in [2.75, 3.05) is 0 Å². The van der Waals surface area contributed by atoms with Gasteiger partial charge in [0.15, 0.2) is 0 Å². The fourth-order valence-electron chi connectivity index (χ4n) is 7.30. The first-order valence-corrected chi connectivity index (χ1v) is 12.4. The zero-order chi connectivity index (χ0) is 21.3. The van der Waals surface area contributed by atoms with E-state index < -0.39 is 0 Å². The quantitative estimate of drug-likeness (QED) is 0.649. The molecule has 6 heteroatoms. The minimum atomic E-state index is -0.171. The van der Waals surface area contributed by atoms with E-state index in [9.17, 15) is 9.59 Å². The van der Waals surface area contributed by atoms with Crippen LogP contribution in [-0.2, 0) is 11.3 Å². The summed E-state index contributed by atoms with van der Waals surface area (Å²) in [4.78, 5) is 26.2. The standard InChI is InChI=1S/C25H29N3O2S/c1-14-23-22(19-5-3-4-6-20(19)31-23)24(30)28(27-14)13-21(29)26-15(2)25-10-16-7-17(11-25)9-18(8-16)12-25/h3-6,15-18H,7-13H2,1-2H3,(H,26,29). The van der Waals surface area contributed by atoms with Crippen LogP contribution in [0.3, 0.4) is 0 Å². The van der Waals surface area contributed by atoms with Gasteiger partial charge in [0.25, 0.3) is 5.56 Å². The van der Waals surface area contributed by atoms with Crippen LogP contribution in [0.2, 0.25) is 0 Å². The van der Waals surface area contributed by atoms with E-state index in [4.69, 9.17) is 0 Å². The number of thiophene rings is 1. The first kappa shape index (κ1) is 19.5. The number of hydrogen-bond donors (Lipinski definition) is 1. The summed E-state index contributed by atoms with van der Waals surface area (Å²) >= 11 is 1.60. The fourth-order valence-corrected chi connectivity index (χ4v) is 8.44. The van der Waals surface area contributed by atoms with Gasteiger partial charge in [-0.15, -0.1) is 11.3 Å². The van der Waals surface area contributed by atoms with E-state index in [1.54, 1.807) is 11.3 Å². The van der Waals surface area contributed by atoms with Crippen molar-refractivity contribution in [3.8, 4) is 0 Å². The normalized spacial score (nSPS) is 30.2. The van der Waals surface area contributed by atoms with Gasteiger partial charge >= 0.3 is 0 Å². The third kappa shape index (κ3) is 3.05. The second kappa shape index (κ2) is 6.89. The van der Waals surface area contributed by atoms with Crippen LogP contribution in [0, 0.1) is 30.1 Å². The van der Waals surface area contributed by atoms with Crippen LogP contribution in [0.4, 0.5) is 0 Å². The summed E-state index contributed by atoms with van der Waals surface area (Å²) in [6.45, 7) is 4.09. The molecule has 1 amide bonds. The Kier molecular flexibility index (Phi) is 4.33. The Morgan fingerprint density at radius 2 is 1.84 bits per heavy atom. The highest BCUT2D eigenvalue weighted by Crippen LogP contribution is 2.61. The summed E-state index contributed by atoms with van der Waals surface area (Å²) in [7, 11) is 0. The number of carbonyl (C=O) groups excluding carboxylic acids is 1. The first-order chi connectivity index (χ1) is 14.9. The van der Waals surface area contributed by atoms with Crippen molar-refractivity contribution >= 4 is 37.4 Å². The smallest absolute Gasteiger partial charge is 0.276 e. The van der Waals surface area contributed by atoms with Crippen molar-refractivity contribution in [1.29, 1.82) is 0 Å². The Bertz CT molecular complexity index is 1220. The molecule has 1 N–H and O–H groups in total. The zero-order valence-electron chi connectivity index (χ0n) is 18.2. The molecule has 1 aromatic carbocycles. The molecule has 31 heavy (non-hydrogen) atoms. The number of benzene rings is 1. The molecule has 162 valence electrons. The largest absolute Gasteiger partial charge is 0.351 e. The molecule has 4 aliphatic rings. The predicted molar refractivity (Wildman–Crippen MR) is 124 cm³/mol. The lowest BCUT2D eigenvalue weighted by Gasteiger charge is -2.59. The summed E-state index contributed by atoms with van der Waals surface area (Å²) in [6, 6.07) is 8.10. The number of rotatable bonds is 4. The summed E-state index contributed by atoms with van der Waals surface area (Å²) < 4.78 is 3.36. The maximum atomic E-state index is 13.2. The molecule has 5 nitrogen and oxygen atoms in total. The van der Waals surface area contributed by atoms with Gasteiger partial charge < -0.3 is 5.32 Å². The van der Waals surface area contributed by atoms with Crippen LogP contribution in [0.15, 0.2) is 29.1 Å². The number of hydrogen-bond acceptors (Lipinski definition) is 4. The van der Waals surface area contributed by atoms with Gasteiger partial charge in [-0.05, 0) is 81.6 Å². The monoisotopic (exact) mass is 435 g/mol. The topological polar surface area (TPSA) is 64.0 Å². The highest BCUT2D eigenvalue weighted by molar-refractivity contribution is 7.26. The van der Waals surface area contributed by atoms with Crippen molar-refractivity contribution in [2.45, 2.75) is 65.0 Å². The van der Waals surface area contributed by atoms with Crippen molar-refractivity contribution in [3.63, 3.8) is 0 Å². The van der Waals surface area contributed by atoms with Crippen molar-refractivity contribution in [1.82, 2.24) is 15.1 Å². The van der Waals surface area contributed by atoms with Crippen LogP contribution in [0.1, 0.15) is 51.1 Å². The second-order valence-electron chi connectivity index (χ2n) is 10.4. The minimum absolute atomic E-state index is 0.0174. The van der Waals surface area contributed by atoms with E-state index in [2.05, 4.69) is 17.3 Å². The van der Waals surface area contributed by atoms with Crippen LogP contribution in [0.25, 0.3) is 20.2 Å². The number of carbonyl (C=O) groups is 1. The average molecular weight is 436 g/mol. The van der Waals surface area contributed by atoms with Crippen LogP contribution < -0.4 is 10.9 Å². The van der Waals surface area contributed by atoms with Gasteiger partial charge in [0, 0.05) is 16.1 Å². The van der Waals surface area contributed by atoms with Gasteiger partial charge in [0.2, 0.25) is 5.91 Å².